The fourth-order valence-electron chi connectivity index (χ4n) is 2.81. The van der Waals surface area contributed by atoms with Crippen molar-refractivity contribution >= 4 is 5.91 Å². The molecule has 1 aromatic carbocycles. The number of hydrogen-bond donors (Lipinski definition) is 0. The number of methoxy groups -OCH3 is 1. The lowest BCUT2D eigenvalue weighted by atomic mass is 10.0. The molecule has 1 amide bonds. The van der Waals surface area contributed by atoms with Crippen LogP contribution in [-0.2, 0) is 4.79 Å². The van der Waals surface area contributed by atoms with Crippen LogP contribution in [0.15, 0.2) is 24.3 Å². The van der Waals surface area contributed by atoms with Gasteiger partial charge in [-0.1, -0.05) is 19.1 Å². The average molecular weight is 306 g/mol. The average Bonchev–Trinajstić information content (AvgIpc) is 2.59. The Morgan fingerprint density at radius 3 is 2.50 bits per heavy atom. The van der Waals surface area contributed by atoms with E-state index in [1.807, 2.05) is 36.2 Å². The van der Waals surface area contributed by atoms with Crippen molar-refractivity contribution in [3.8, 4) is 11.5 Å². The van der Waals surface area contributed by atoms with E-state index in [4.69, 9.17) is 9.47 Å². The molecule has 0 saturated carbocycles. The van der Waals surface area contributed by atoms with Crippen molar-refractivity contribution in [1.82, 2.24) is 9.80 Å². The molecule has 0 N–H and O–H groups in total. The molecule has 5 nitrogen and oxygen atoms in total. The predicted octanol–water partition coefficient (Wildman–Crippen LogP) is 2.02. The minimum Gasteiger partial charge on any atom is -0.493 e. The van der Waals surface area contributed by atoms with Crippen molar-refractivity contribution in [3.63, 3.8) is 0 Å². The molecule has 0 radical (unpaired) electrons. The van der Waals surface area contributed by atoms with Crippen LogP contribution in [0.1, 0.15) is 19.8 Å². The van der Waals surface area contributed by atoms with E-state index in [0.29, 0.717) is 17.5 Å². The lowest BCUT2D eigenvalue weighted by molar-refractivity contribution is -0.135. The van der Waals surface area contributed by atoms with Gasteiger partial charge in [0.1, 0.15) is 0 Å². The molecular formula is C17H26N2O3. The van der Waals surface area contributed by atoms with E-state index in [1.54, 1.807) is 7.11 Å². The van der Waals surface area contributed by atoms with Gasteiger partial charge in [-0.05, 0) is 31.5 Å². The van der Waals surface area contributed by atoms with Gasteiger partial charge in [0.2, 0.25) is 0 Å². The second-order valence-electron chi connectivity index (χ2n) is 5.61. The Bertz CT molecular complexity index is 485. The second kappa shape index (κ2) is 8.03. The first kappa shape index (κ1) is 16.6. The number of para-hydroxylation sites is 2. The van der Waals surface area contributed by atoms with Gasteiger partial charge in [0, 0.05) is 26.2 Å². The minimum atomic E-state index is 0.0147. The summed E-state index contributed by atoms with van der Waals surface area (Å²) in [5, 5.41) is 0. The highest BCUT2D eigenvalue weighted by Gasteiger charge is 2.25. The summed E-state index contributed by atoms with van der Waals surface area (Å²) < 4.78 is 10.8. The van der Waals surface area contributed by atoms with Crippen LogP contribution in [0.25, 0.3) is 0 Å². The molecule has 22 heavy (non-hydrogen) atoms. The van der Waals surface area contributed by atoms with E-state index in [9.17, 15) is 4.79 Å². The maximum atomic E-state index is 12.3. The first-order chi connectivity index (χ1) is 10.7. The highest BCUT2D eigenvalue weighted by atomic mass is 16.5. The number of nitrogens with zero attached hydrogens (tertiary/aromatic N) is 2. The molecular weight excluding hydrogens is 280 g/mol. The Kier molecular flexibility index (Phi) is 6.07. The van der Waals surface area contributed by atoms with Gasteiger partial charge in [0.05, 0.1) is 7.11 Å². The summed E-state index contributed by atoms with van der Waals surface area (Å²) >= 11 is 0. The van der Waals surface area contributed by atoms with Crippen LogP contribution in [0, 0.1) is 0 Å². The monoisotopic (exact) mass is 306 g/mol. The van der Waals surface area contributed by atoms with Crippen molar-refractivity contribution in [2.75, 3.05) is 40.4 Å². The van der Waals surface area contributed by atoms with Gasteiger partial charge in [-0.3, -0.25) is 4.79 Å². The Labute approximate surface area is 132 Å². The van der Waals surface area contributed by atoms with E-state index >= 15 is 0 Å². The first-order valence-electron chi connectivity index (χ1n) is 7.89. The number of rotatable bonds is 6. The Hall–Kier alpha value is -1.75. The topological polar surface area (TPSA) is 42.0 Å². The quantitative estimate of drug-likeness (QED) is 0.806. The van der Waals surface area contributed by atoms with Gasteiger partial charge in [-0.2, -0.15) is 0 Å². The molecule has 0 atom stereocenters. The van der Waals surface area contributed by atoms with Crippen LogP contribution in [0.3, 0.4) is 0 Å². The maximum absolute atomic E-state index is 12.3. The van der Waals surface area contributed by atoms with Crippen LogP contribution < -0.4 is 9.47 Å². The molecule has 0 spiro atoms. The minimum absolute atomic E-state index is 0.0147. The second-order valence-corrected chi connectivity index (χ2v) is 5.61. The van der Waals surface area contributed by atoms with Gasteiger partial charge in [-0.15, -0.1) is 0 Å². The molecule has 0 unspecified atom stereocenters. The summed E-state index contributed by atoms with van der Waals surface area (Å²) in [6.45, 7) is 5.43. The van der Waals surface area contributed by atoms with Gasteiger partial charge < -0.3 is 19.3 Å². The third kappa shape index (κ3) is 4.13. The van der Waals surface area contributed by atoms with E-state index in [2.05, 4.69) is 11.8 Å². The third-order valence-corrected chi connectivity index (χ3v) is 4.37. The van der Waals surface area contributed by atoms with Crippen LogP contribution >= 0.6 is 0 Å². The zero-order chi connectivity index (χ0) is 15.9. The molecule has 1 saturated heterocycles. The highest BCUT2D eigenvalue weighted by Crippen LogP contribution is 2.25. The van der Waals surface area contributed by atoms with Crippen molar-refractivity contribution in [2.24, 2.45) is 0 Å². The molecule has 122 valence electrons. The number of ether oxygens (including phenoxy) is 2. The van der Waals surface area contributed by atoms with Crippen LogP contribution in [0.5, 0.6) is 11.5 Å². The summed E-state index contributed by atoms with van der Waals surface area (Å²) in [6.07, 6.45) is 2.06. The van der Waals surface area contributed by atoms with Crippen LogP contribution in [0.2, 0.25) is 0 Å². The van der Waals surface area contributed by atoms with Gasteiger partial charge in [-0.25, -0.2) is 0 Å². The summed E-state index contributed by atoms with van der Waals surface area (Å²) in [6, 6.07) is 7.69. The zero-order valence-electron chi connectivity index (χ0n) is 13.7. The molecule has 1 fully saturated rings. The van der Waals surface area contributed by atoms with E-state index < -0.39 is 0 Å². The molecule has 0 bridgehead atoms. The molecule has 0 aromatic heterocycles. The SMILES string of the molecule is CCN1CCC(N(C)C(=O)COc2ccccc2OC)CC1. The molecule has 2 rings (SSSR count). The highest BCUT2D eigenvalue weighted by molar-refractivity contribution is 5.78. The van der Waals surface area contributed by atoms with E-state index in [1.165, 1.54) is 0 Å². The summed E-state index contributed by atoms with van der Waals surface area (Å²) in [5.41, 5.74) is 0. The molecule has 1 aliphatic heterocycles. The summed E-state index contributed by atoms with van der Waals surface area (Å²) in [7, 11) is 3.47. The largest absolute Gasteiger partial charge is 0.493 e. The number of likely N-dealkylation sites (N-methyl/N-ethyl adjacent to an activating group) is 1. The maximum Gasteiger partial charge on any atom is 0.260 e. The van der Waals surface area contributed by atoms with Crippen molar-refractivity contribution < 1.29 is 14.3 Å². The van der Waals surface area contributed by atoms with Gasteiger partial charge in [0.25, 0.3) is 5.91 Å². The number of hydrogen-bond acceptors (Lipinski definition) is 4. The molecule has 5 heteroatoms. The molecule has 0 aliphatic carbocycles. The molecule has 1 aromatic rings. The number of likely N-dealkylation sites (tertiary alicyclic amines) is 1. The Morgan fingerprint density at radius 2 is 1.91 bits per heavy atom. The van der Waals surface area contributed by atoms with E-state index in [0.717, 1.165) is 32.5 Å². The zero-order valence-corrected chi connectivity index (χ0v) is 13.7. The predicted molar refractivity (Wildman–Crippen MR) is 86.4 cm³/mol. The lowest BCUT2D eigenvalue weighted by Gasteiger charge is -2.36. The van der Waals surface area contributed by atoms with Crippen molar-refractivity contribution in [1.29, 1.82) is 0 Å². The number of carbonyl (C=O) groups is 1. The third-order valence-electron chi connectivity index (χ3n) is 4.37. The molecule has 1 heterocycles. The Balaban J connectivity index is 1.84. The standard InChI is InChI=1S/C17H26N2O3/c1-4-19-11-9-14(10-12-19)18(2)17(20)13-22-16-8-6-5-7-15(16)21-3/h5-8,14H,4,9-13H2,1-3H3. The fraction of sp³-hybridized carbons (Fsp3) is 0.588. The fourth-order valence-corrected chi connectivity index (χ4v) is 2.81. The normalized spacial score (nSPS) is 16.3. The van der Waals surface area contributed by atoms with Gasteiger partial charge >= 0.3 is 0 Å². The summed E-state index contributed by atoms with van der Waals surface area (Å²) in [4.78, 5) is 16.6. The molecule has 1 aliphatic rings. The van der Waals surface area contributed by atoms with E-state index in [-0.39, 0.29) is 12.5 Å². The number of piperidine rings is 1. The lowest BCUT2D eigenvalue weighted by Crippen LogP contribution is -2.46. The van der Waals surface area contributed by atoms with Crippen LogP contribution in [0.4, 0.5) is 0 Å². The van der Waals surface area contributed by atoms with Crippen molar-refractivity contribution in [2.45, 2.75) is 25.8 Å². The van der Waals surface area contributed by atoms with Crippen LogP contribution in [-0.4, -0.2) is 62.1 Å². The first-order valence-corrected chi connectivity index (χ1v) is 7.89. The number of carbonyl (C=O) groups excluding carboxylic acids is 1. The summed E-state index contributed by atoms with van der Waals surface area (Å²) in [5.74, 6) is 1.27. The van der Waals surface area contributed by atoms with Gasteiger partial charge in [0.15, 0.2) is 18.1 Å². The Morgan fingerprint density at radius 1 is 1.27 bits per heavy atom. The smallest absolute Gasteiger partial charge is 0.260 e. The number of benzene rings is 1. The van der Waals surface area contributed by atoms with Crippen molar-refractivity contribution in [3.05, 3.63) is 24.3 Å². The number of amides is 1.